The van der Waals surface area contributed by atoms with Gasteiger partial charge in [0.2, 0.25) is 0 Å². The Morgan fingerprint density at radius 1 is 1.53 bits per heavy atom. The van der Waals surface area contributed by atoms with Gasteiger partial charge in [-0.1, -0.05) is 11.2 Å². The first-order valence-electron chi connectivity index (χ1n) is 5.03. The van der Waals surface area contributed by atoms with Crippen molar-refractivity contribution in [2.75, 3.05) is 5.32 Å². The number of aromatic nitrogens is 2. The number of halogens is 1. The van der Waals surface area contributed by atoms with E-state index in [-0.39, 0.29) is 21.7 Å². The number of carbonyl (C=O) groups is 1. The predicted octanol–water partition coefficient (Wildman–Crippen LogP) is 2.30. The van der Waals surface area contributed by atoms with Crippen molar-refractivity contribution in [3.8, 4) is 0 Å². The second-order valence-corrected chi connectivity index (χ2v) is 4.29. The number of nitro groups is 1. The molecule has 1 aromatic heterocycles. The summed E-state index contributed by atoms with van der Waals surface area (Å²) in [6.07, 6.45) is 0. The molecule has 0 saturated carbocycles. The first-order valence-corrected chi connectivity index (χ1v) is 5.83. The summed E-state index contributed by atoms with van der Waals surface area (Å²) in [6, 6.07) is 4.07. The van der Waals surface area contributed by atoms with E-state index in [2.05, 4.69) is 31.4 Å². The number of aryl methyl sites for hydroxylation is 1. The Hall–Kier alpha value is -2.29. The van der Waals surface area contributed by atoms with Gasteiger partial charge in [-0.15, -0.1) is 0 Å². The lowest BCUT2D eigenvalue weighted by atomic mass is 10.2. The van der Waals surface area contributed by atoms with Gasteiger partial charge in [-0.2, -0.15) is 4.98 Å². The maximum atomic E-state index is 11.9. The second-order valence-electron chi connectivity index (χ2n) is 3.50. The molecule has 0 radical (unpaired) electrons. The Bertz CT molecular complexity index is 655. The third kappa shape index (κ3) is 2.76. The zero-order valence-corrected chi connectivity index (χ0v) is 11.2. The molecule has 0 bridgehead atoms. The minimum atomic E-state index is -0.586. The van der Waals surface area contributed by atoms with Gasteiger partial charge in [-0.05, 0) is 28.9 Å². The van der Waals surface area contributed by atoms with Crippen LogP contribution in [0.1, 0.15) is 16.2 Å². The fourth-order valence-electron chi connectivity index (χ4n) is 1.35. The number of hydrogen-bond donors (Lipinski definition) is 1. The average Bonchev–Trinajstić information content (AvgIpc) is 2.74. The highest BCUT2D eigenvalue weighted by Gasteiger charge is 2.20. The minimum absolute atomic E-state index is 0.0686. The molecule has 1 N–H and O–H groups in total. The minimum Gasteiger partial charge on any atom is -0.315 e. The normalized spacial score (nSPS) is 10.2. The lowest BCUT2D eigenvalue weighted by Crippen LogP contribution is -2.13. The Kier molecular flexibility index (Phi) is 3.56. The molecular weight excluding hydrogens is 320 g/mol. The number of nitro benzene ring substituents is 1. The highest BCUT2D eigenvalue weighted by molar-refractivity contribution is 9.10. The van der Waals surface area contributed by atoms with Gasteiger partial charge in [0.1, 0.15) is 4.47 Å². The molecule has 8 nitrogen and oxygen atoms in total. The first-order chi connectivity index (χ1) is 8.99. The Labute approximate surface area is 115 Å². The van der Waals surface area contributed by atoms with Gasteiger partial charge in [-0.25, -0.2) is 0 Å². The van der Waals surface area contributed by atoms with Crippen molar-refractivity contribution in [1.82, 2.24) is 10.1 Å². The molecule has 0 aliphatic carbocycles. The molecule has 1 amide bonds. The van der Waals surface area contributed by atoms with Crippen molar-refractivity contribution < 1.29 is 14.2 Å². The monoisotopic (exact) mass is 326 g/mol. The van der Waals surface area contributed by atoms with Crippen LogP contribution in [0.5, 0.6) is 0 Å². The number of nitrogens with one attached hydrogen (secondary N) is 1. The van der Waals surface area contributed by atoms with Gasteiger partial charge in [0.25, 0.3) is 11.6 Å². The van der Waals surface area contributed by atoms with Gasteiger partial charge in [0.15, 0.2) is 5.82 Å². The van der Waals surface area contributed by atoms with Crippen LogP contribution < -0.4 is 5.32 Å². The van der Waals surface area contributed by atoms with E-state index in [0.29, 0.717) is 5.82 Å². The maximum Gasteiger partial charge on any atom is 0.328 e. The van der Waals surface area contributed by atoms with E-state index in [1.807, 2.05) is 0 Å². The quantitative estimate of drug-likeness (QED) is 0.684. The van der Waals surface area contributed by atoms with E-state index in [0.717, 1.165) is 0 Å². The molecule has 1 aromatic carbocycles. The Morgan fingerprint density at radius 2 is 2.26 bits per heavy atom. The molecule has 1 heterocycles. The van der Waals surface area contributed by atoms with Crippen LogP contribution in [0, 0.1) is 17.0 Å². The van der Waals surface area contributed by atoms with E-state index in [1.165, 1.54) is 18.2 Å². The van der Waals surface area contributed by atoms with Crippen LogP contribution in [-0.2, 0) is 0 Å². The van der Waals surface area contributed by atoms with Crippen LogP contribution in [0.2, 0.25) is 0 Å². The molecule has 98 valence electrons. The van der Waals surface area contributed by atoms with Crippen LogP contribution in [0.15, 0.2) is 27.2 Å². The third-order valence-corrected chi connectivity index (χ3v) is 3.00. The summed E-state index contributed by atoms with van der Waals surface area (Å²) in [4.78, 5) is 25.9. The smallest absolute Gasteiger partial charge is 0.315 e. The van der Waals surface area contributed by atoms with E-state index >= 15 is 0 Å². The van der Waals surface area contributed by atoms with E-state index in [1.54, 1.807) is 6.92 Å². The van der Waals surface area contributed by atoms with Crippen LogP contribution >= 0.6 is 15.9 Å². The summed E-state index contributed by atoms with van der Waals surface area (Å²) in [5.74, 6) is -0.215. The van der Waals surface area contributed by atoms with Gasteiger partial charge in [0, 0.05) is 6.07 Å². The zero-order chi connectivity index (χ0) is 14.0. The largest absolute Gasteiger partial charge is 0.328 e. The summed E-state index contributed by atoms with van der Waals surface area (Å²) in [5, 5.41) is 16.6. The van der Waals surface area contributed by atoms with Crippen LogP contribution in [0.25, 0.3) is 0 Å². The van der Waals surface area contributed by atoms with Crippen molar-refractivity contribution >= 4 is 33.5 Å². The molecule has 0 spiro atoms. The second kappa shape index (κ2) is 5.14. The lowest BCUT2D eigenvalue weighted by molar-refractivity contribution is -0.385. The molecule has 9 heteroatoms. The maximum absolute atomic E-state index is 11.9. The third-order valence-electron chi connectivity index (χ3n) is 2.17. The van der Waals surface area contributed by atoms with Gasteiger partial charge in [0.05, 0.1) is 10.5 Å². The van der Waals surface area contributed by atoms with E-state index in [9.17, 15) is 14.9 Å². The average molecular weight is 327 g/mol. The van der Waals surface area contributed by atoms with Crippen LogP contribution in [0.3, 0.4) is 0 Å². The Morgan fingerprint density at radius 3 is 2.84 bits per heavy atom. The first kappa shape index (κ1) is 13.1. The Balaban J connectivity index is 2.29. The standard InChI is InChI=1S/C10H7BrN4O4/c1-5-12-10(19-14-5)13-9(16)6-3-2-4-7(8(6)11)15(17)18/h2-4H,1H3,(H,12,13,14,16). The number of nitrogens with zero attached hydrogens (tertiary/aromatic N) is 3. The molecule has 0 saturated heterocycles. The van der Waals surface area contributed by atoms with E-state index in [4.69, 9.17) is 4.52 Å². The predicted molar refractivity (Wildman–Crippen MR) is 67.8 cm³/mol. The fraction of sp³-hybridized carbons (Fsp3) is 0.100. The molecule has 0 fully saturated rings. The van der Waals surface area contributed by atoms with Crippen molar-refractivity contribution in [2.24, 2.45) is 0 Å². The number of amides is 1. The highest BCUT2D eigenvalue weighted by Crippen LogP contribution is 2.28. The highest BCUT2D eigenvalue weighted by atomic mass is 79.9. The van der Waals surface area contributed by atoms with Gasteiger partial charge in [-0.3, -0.25) is 20.2 Å². The molecule has 19 heavy (non-hydrogen) atoms. The fourth-order valence-corrected chi connectivity index (χ4v) is 1.94. The molecule has 0 unspecified atom stereocenters. The van der Waals surface area contributed by atoms with Crippen molar-refractivity contribution in [2.45, 2.75) is 6.92 Å². The summed E-state index contributed by atoms with van der Waals surface area (Å²) in [6.45, 7) is 1.60. The summed E-state index contributed by atoms with van der Waals surface area (Å²) >= 11 is 3.03. The van der Waals surface area contributed by atoms with E-state index < -0.39 is 10.8 Å². The topological polar surface area (TPSA) is 111 Å². The summed E-state index contributed by atoms with van der Waals surface area (Å²) < 4.78 is 4.82. The van der Waals surface area contributed by atoms with Gasteiger partial charge < -0.3 is 4.52 Å². The molecule has 2 rings (SSSR count). The van der Waals surface area contributed by atoms with Gasteiger partial charge >= 0.3 is 6.01 Å². The number of rotatable bonds is 3. The van der Waals surface area contributed by atoms with Crippen molar-refractivity contribution in [3.05, 3.63) is 44.2 Å². The summed E-state index contributed by atoms with van der Waals surface area (Å²) in [5.41, 5.74) is -0.0978. The molecule has 2 aromatic rings. The molecule has 0 atom stereocenters. The molecule has 0 aliphatic heterocycles. The SMILES string of the molecule is Cc1noc(NC(=O)c2cccc([N+](=O)[O-])c2Br)n1. The van der Waals surface area contributed by atoms with Crippen LogP contribution in [0.4, 0.5) is 11.7 Å². The van der Waals surface area contributed by atoms with Crippen molar-refractivity contribution in [1.29, 1.82) is 0 Å². The number of anilines is 1. The number of benzene rings is 1. The number of hydrogen-bond acceptors (Lipinski definition) is 6. The van der Waals surface area contributed by atoms with Crippen molar-refractivity contribution in [3.63, 3.8) is 0 Å². The lowest BCUT2D eigenvalue weighted by Gasteiger charge is -2.03. The molecule has 0 aliphatic rings. The summed E-state index contributed by atoms with van der Waals surface area (Å²) in [7, 11) is 0. The number of carbonyl (C=O) groups excluding carboxylic acids is 1. The van der Waals surface area contributed by atoms with Crippen LogP contribution in [-0.4, -0.2) is 21.0 Å². The zero-order valence-electron chi connectivity index (χ0n) is 9.58. The molecular formula is C10H7BrN4O4.